The van der Waals surface area contributed by atoms with E-state index in [1.165, 1.54) is 3.97 Å². The fraction of sp³-hybridized carbons (Fsp3) is 0.348. The molecule has 7 nitrogen and oxygen atoms in total. The SMILES string of the molecule is COc1ccc2c(c1)-c1c(CN3CCN(C(C)=O)C(C)C3)c3ccccc3n1S2(=O)=O. The molecule has 1 amide bonds. The van der Waals surface area contributed by atoms with Crippen LogP contribution in [0, 0.1) is 0 Å². The third-order valence-corrected chi connectivity index (χ3v) is 8.17. The summed E-state index contributed by atoms with van der Waals surface area (Å²) in [5, 5.41) is 0.941. The minimum absolute atomic E-state index is 0.0921. The van der Waals surface area contributed by atoms with Gasteiger partial charge in [0.25, 0.3) is 10.0 Å². The van der Waals surface area contributed by atoms with Gasteiger partial charge in [-0.05, 0) is 31.2 Å². The highest BCUT2D eigenvalue weighted by Crippen LogP contribution is 2.46. The summed E-state index contributed by atoms with van der Waals surface area (Å²) in [6, 6.07) is 12.9. The maximum atomic E-state index is 13.4. The molecule has 1 atom stereocenters. The summed E-state index contributed by atoms with van der Waals surface area (Å²) in [6.07, 6.45) is 0. The van der Waals surface area contributed by atoms with E-state index in [0.29, 0.717) is 34.8 Å². The van der Waals surface area contributed by atoms with Crippen molar-refractivity contribution in [2.24, 2.45) is 0 Å². The zero-order valence-electron chi connectivity index (χ0n) is 17.8. The van der Waals surface area contributed by atoms with Crippen molar-refractivity contribution in [3.05, 3.63) is 48.0 Å². The number of carbonyl (C=O) groups excluding carboxylic acids is 1. The van der Waals surface area contributed by atoms with Crippen LogP contribution in [-0.2, 0) is 21.4 Å². The number of piperazine rings is 1. The Hall–Kier alpha value is -2.84. The molecular weight excluding hydrogens is 414 g/mol. The summed E-state index contributed by atoms with van der Waals surface area (Å²) in [5.41, 5.74) is 3.09. The highest BCUT2D eigenvalue weighted by atomic mass is 32.2. The van der Waals surface area contributed by atoms with Crippen LogP contribution >= 0.6 is 0 Å². The van der Waals surface area contributed by atoms with Gasteiger partial charge >= 0.3 is 0 Å². The van der Waals surface area contributed by atoms with E-state index in [0.717, 1.165) is 29.7 Å². The van der Waals surface area contributed by atoms with Crippen molar-refractivity contribution >= 4 is 26.8 Å². The standard InChI is InChI=1S/C23H25N3O4S/c1-15-13-24(10-11-25(15)16(2)27)14-20-18-6-4-5-7-21(18)26-23(20)19-12-17(30-3)8-9-22(19)31(26,28)29/h4-9,12,15H,10-11,13-14H2,1-3H3. The molecule has 31 heavy (non-hydrogen) atoms. The van der Waals surface area contributed by atoms with E-state index in [1.54, 1.807) is 26.2 Å². The molecule has 3 aromatic rings. The molecule has 0 bridgehead atoms. The number of carbonyl (C=O) groups is 1. The van der Waals surface area contributed by atoms with E-state index in [9.17, 15) is 13.2 Å². The minimum atomic E-state index is -3.68. The van der Waals surface area contributed by atoms with E-state index in [2.05, 4.69) is 11.8 Å². The van der Waals surface area contributed by atoms with Crippen molar-refractivity contribution in [2.75, 3.05) is 26.7 Å². The topological polar surface area (TPSA) is 71.8 Å². The second-order valence-electron chi connectivity index (χ2n) is 8.27. The number of hydrogen-bond donors (Lipinski definition) is 0. The Morgan fingerprint density at radius 2 is 1.94 bits per heavy atom. The lowest BCUT2D eigenvalue weighted by Crippen LogP contribution is -2.53. The Morgan fingerprint density at radius 3 is 2.65 bits per heavy atom. The molecule has 1 saturated heterocycles. The van der Waals surface area contributed by atoms with Gasteiger partial charge in [-0.25, -0.2) is 12.4 Å². The van der Waals surface area contributed by atoms with Crippen LogP contribution in [0.4, 0.5) is 0 Å². The maximum absolute atomic E-state index is 13.4. The maximum Gasteiger partial charge on any atom is 0.269 e. The number of hydrogen-bond acceptors (Lipinski definition) is 5. The van der Waals surface area contributed by atoms with Gasteiger partial charge in [0, 0.05) is 55.7 Å². The largest absolute Gasteiger partial charge is 0.497 e. The average Bonchev–Trinajstić information content (AvgIpc) is 3.19. The highest BCUT2D eigenvalue weighted by Gasteiger charge is 2.38. The number of benzene rings is 2. The van der Waals surface area contributed by atoms with Crippen LogP contribution < -0.4 is 4.74 Å². The molecule has 1 aromatic heterocycles. The van der Waals surface area contributed by atoms with Crippen LogP contribution in [0.2, 0.25) is 0 Å². The first-order valence-electron chi connectivity index (χ1n) is 10.4. The molecule has 1 fully saturated rings. The highest BCUT2D eigenvalue weighted by molar-refractivity contribution is 7.90. The molecule has 0 aliphatic carbocycles. The van der Waals surface area contributed by atoms with Crippen LogP contribution in [-0.4, -0.2) is 60.9 Å². The first-order chi connectivity index (χ1) is 14.8. The number of amides is 1. The van der Waals surface area contributed by atoms with E-state index in [-0.39, 0.29) is 11.9 Å². The van der Waals surface area contributed by atoms with E-state index < -0.39 is 10.0 Å². The van der Waals surface area contributed by atoms with Crippen molar-refractivity contribution in [1.29, 1.82) is 0 Å². The monoisotopic (exact) mass is 439 g/mol. The summed E-state index contributed by atoms with van der Waals surface area (Å²) in [6.45, 7) is 6.45. The van der Waals surface area contributed by atoms with Gasteiger partial charge in [-0.2, -0.15) is 0 Å². The summed E-state index contributed by atoms with van der Waals surface area (Å²) >= 11 is 0. The van der Waals surface area contributed by atoms with Crippen LogP contribution in [0.5, 0.6) is 5.75 Å². The van der Waals surface area contributed by atoms with Crippen LogP contribution in [0.25, 0.3) is 22.2 Å². The Bertz CT molecular complexity index is 1310. The predicted octanol–water partition coefficient (Wildman–Crippen LogP) is 2.92. The summed E-state index contributed by atoms with van der Waals surface area (Å²) in [4.78, 5) is 16.4. The number of rotatable bonds is 3. The number of methoxy groups -OCH3 is 1. The summed E-state index contributed by atoms with van der Waals surface area (Å²) in [7, 11) is -2.10. The van der Waals surface area contributed by atoms with E-state index >= 15 is 0 Å². The third kappa shape index (κ3) is 2.96. The number of fused-ring (bicyclic) bond motifs is 5. The molecule has 0 spiro atoms. The number of ether oxygens (including phenoxy) is 1. The van der Waals surface area contributed by atoms with Gasteiger partial charge in [0.1, 0.15) is 5.75 Å². The Kier molecular flexibility index (Phi) is 4.60. The summed E-state index contributed by atoms with van der Waals surface area (Å²) < 4.78 is 33.7. The van der Waals surface area contributed by atoms with Crippen LogP contribution in [0.1, 0.15) is 19.4 Å². The van der Waals surface area contributed by atoms with Gasteiger partial charge in [0.2, 0.25) is 5.91 Å². The van der Waals surface area contributed by atoms with Crippen molar-refractivity contribution < 1.29 is 17.9 Å². The smallest absolute Gasteiger partial charge is 0.269 e. The number of aromatic nitrogens is 1. The van der Waals surface area contributed by atoms with Gasteiger partial charge in [-0.15, -0.1) is 0 Å². The fourth-order valence-corrected chi connectivity index (χ4v) is 6.71. The van der Waals surface area contributed by atoms with E-state index in [4.69, 9.17) is 4.74 Å². The zero-order chi connectivity index (χ0) is 21.9. The average molecular weight is 440 g/mol. The molecule has 5 rings (SSSR count). The minimum Gasteiger partial charge on any atom is -0.497 e. The molecule has 0 radical (unpaired) electrons. The fourth-order valence-electron chi connectivity index (χ4n) is 4.97. The second kappa shape index (κ2) is 7.10. The first kappa shape index (κ1) is 20.1. The lowest BCUT2D eigenvalue weighted by molar-refractivity contribution is -0.133. The van der Waals surface area contributed by atoms with Crippen molar-refractivity contribution in [1.82, 2.24) is 13.8 Å². The molecule has 2 aliphatic rings. The molecule has 162 valence electrons. The predicted molar refractivity (Wildman–Crippen MR) is 119 cm³/mol. The van der Waals surface area contributed by atoms with Gasteiger partial charge in [-0.3, -0.25) is 9.69 Å². The lowest BCUT2D eigenvalue weighted by Gasteiger charge is -2.39. The van der Waals surface area contributed by atoms with Crippen molar-refractivity contribution in [3.63, 3.8) is 0 Å². The van der Waals surface area contributed by atoms with Crippen LogP contribution in [0.3, 0.4) is 0 Å². The Labute approximate surface area is 181 Å². The molecule has 2 aromatic carbocycles. The van der Waals surface area contributed by atoms with Crippen molar-refractivity contribution in [2.45, 2.75) is 31.3 Å². The normalized spacial score (nSPS) is 20.0. The van der Waals surface area contributed by atoms with Gasteiger partial charge in [-0.1, -0.05) is 18.2 Å². The molecule has 3 heterocycles. The third-order valence-electron chi connectivity index (χ3n) is 6.39. The number of nitrogens with zero attached hydrogens (tertiary/aromatic N) is 3. The lowest BCUT2D eigenvalue weighted by atomic mass is 10.0. The van der Waals surface area contributed by atoms with Crippen LogP contribution in [0.15, 0.2) is 47.4 Å². The molecule has 0 saturated carbocycles. The molecule has 2 aliphatic heterocycles. The van der Waals surface area contributed by atoms with Gasteiger partial charge in [0.15, 0.2) is 0 Å². The second-order valence-corrected chi connectivity index (χ2v) is 10.0. The van der Waals surface area contributed by atoms with Gasteiger partial charge < -0.3 is 9.64 Å². The zero-order valence-corrected chi connectivity index (χ0v) is 18.6. The van der Waals surface area contributed by atoms with E-state index in [1.807, 2.05) is 35.2 Å². The molecule has 8 heteroatoms. The van der Waals surface area contributed by atoms with Crippen molar-refractivity contribution in [3.8, 4) is 17.0 Å². The molecule has 1 unspecified atom stereocenters. The molecular formula is C23H25N3O4S. The molecule has 0 N–H and O–H groups in total. The van der Waals surface area contributed by atoms with Gasteiger partial charge in [0.05, 0.1) is 23.2 Å². The Morgan fingerprint density at radius 1 is 1.16 bits per heavy atom. The summed E-state index contributed by atoms with van der Waals surface area (Å²) in [5.74, 6) is 0.719. The first-order valence-corrected chi connectivity index (χ1v) is 11.8. The Balaban J connectivity index is 1.65. The number of para-hydroxylation sites is 1. The quantitative estimate of drug-likeness (QED) is 0.491.